The number of halogens is 1. The molecule has 4 rings (SSSR count). The molecule has 1 aromatic heterocycles. The summed E-state index contributed by atoms with van der Waals surface area (Å²) in [7, 11) is 0. The highest BCUT2D eigenvalue weighted by Crippen LogP contribution is 2.22. The van der Waals surface area contributed by atoms with Gasteiger partial charge in [0.1, 0.15) is 5.82 Å². The lowest BCUT2D eigenvalue weighted by molar-refractivity contribution is -0.136. The second-order valence-corrected chi connectivity index (χ2v) is 6.75. The van der Waals surface area contributed by atoms with E-state index in [0.29, 0.717) is 50.7 Å². The van der Waals surface area contributed by atoms with Gasteiger partial charge in [0.2, 0.25) is 5.91 Å². The molecule has 27 heavy (non-hydrogen) atoms. The molecule has 2 aliphatic rings. The van der Waals surface area contributed by atoms with Gasteiger partial charge in [-0.15, -0.1) is 5.10 Å². The average Bonchev–Trinajstić information content (AvgIpc) is 3.10. The number of amides is 2. The molecule has 9 heteroatoms. The predicted molar refractivity (Wildman–Crippen MR) is 92.5 cm³/mol. The van der Waals surface area contributed by atoms with E-state index in [2.05, 4.69) is 10.3 Å². The molecular formula is C18H20FN5O3. The zero-order chi connectivity index (χ0) is 18.8. The van der Waals surface area contributed by atoms with Gasteiger partial charge in [-0.3, -0.25) is 9.59 Å². The van der Waals surface area contributed by atoms with Crippen LogP contribution in [0.2, 0.25) is 0 Å². The number of aromatic nitrogens is 3. The van der Waals surface area contributed by atoms with Gasteiger partial charge in [0.25, 0.3) is 5.91 Å². The third-order valence-corrected chi connectivity index (χ3v) is 4.86. The van der Waals surface area contributed by atoms with Crippen molar-refractivity contribution in [3.05, 3.63) is 47.5 Å². The molecule has 2 saturated heterocycles. The van der Waals surface area contributed by atoms with Gasteiger partial charge in [0, 0.05) is 26.2 Å². The first-order chi connectivity index (χ1) is 13.1. The first-order valence-corrected chi connectivity index (χ1v) is 8.91. The molecule has 0 unspecified atom stereocenters. The lowest BCUT2D eigenvalue weighted by atomic mass is 10.1. The molecule has 2 fully saturated rings. The van der Waals surface area contributed by atoms with E-state index in [0.717, 1.165) is 0 Å². The number of nitrogens with zero attached hydrogens (tertiary/aromatic N) is 5. The molecule has 0 bridgehead atoms. The Morgan fingerprint density at radius 3 is 2.70 bits per heavy atom. The van der Waals surface area contributed by atoms with Crippen molar-refractivity contribution in [2.45, 2.75) is 12.5 Å². The number of morpholine rings is 1. The Morgan fingerprint density at radius 2 is 1.96 bits per heavy atom. The summed E-state index contributed by atoms with van der Waals surface area (Å²) in [6, 6.07) is 6.06. The monoisotopic (exact) mass is 373 g/mol. The highest BCUT2D eigenvalue weighted by atomic mass is 19.1. The summed E-state index contributed by atoms with van der Waals surface area (Å²) in [5.74, 6) is -0.550. The van der Waals surface area contributed by atoms with E-state index in [4.69, 9.17) is 4.74 Å². The lowest BCUT2D eigenvalue weighted by Crippen LogP contribution is -2.51. The van der Waals surface area contributed by atoms with Crippen molar-refractivity contribution >= 4 is 11.8 Å². The number of ether oxygens (including phenoxy) is 1. The summed E-state index contributed by atoms with van der Waals surface area (Å²) >= 11 is 0. The van der Waals surface area contributed by atoms with Crippen LogP contribution in [0.15, 0.2) is 30.5 Å². The molecule has 8 nitrogen and oxygen atoms in total. The smallest absolute Gasteiger partial charge is 0.276 e. The number of hydrogen-bond acceptors (Lipinski definition) is 5. The Kier molecular flexibility index (Phi) is 4.85. The van der Waals surface area contributed by atoms with Crippen LogP contribution in [-0.4, -0.2) is 76.0 Å². The minimum Gasteiger partial charge on any atom is -0.378 e. The topological polar surface area (TPSA) is 80.6 Å². The Bertz CT molecular complexity index is 843. The second kappa shape index (κ2) is 7.43. The molecule has 0 spiro atoms. The molecule has 3 heterocycles. The molecule has 142 valence electrons. The predicted octanol–water partition coefficient (Wildman–Crippen LogP) is 0.516. The first-order valence-electron chi connectivity index (χ1n) is 8.91. The summed E-state index contributed by atoms with van der Waals surface area (Å²) < 4.78 is 20.1. The highest BCUT2D eigenvalue weighted by molar-refractivity contribution is 5.92. The van der Waals surface area contributed by atoms with Gasteiger partial charge in [-0.05, 0) is 17.7 Å². The summed E-state index contributed by atoms with van der Waals surface area (Å²) in [6.07, 6.45) is 1.81. The van der Waals surface area contributed by atoms with E-state index < -0.39 is 0 Å². The van der Waals surface area contributed by atoms with Crippen molar-refractivity contribution in [1.29, 1.82) is 0 Å². The summed E-state index contributed by atoms with van der Waals surface area (Å²) in [5.41, 5.74) is 0.962. The van der Waals surface area contributed by atoms with Crippen molar-refractivity contribution in [1.82, 2.24) is 24.8 Å². The zero-order valence-corrected chi connectivity index (χ0v) is 14.8. The Labute approximate surface area is 155 Å². The van der Waals surface area contributed by atoms with Crippen LogP contribution in [0, 0.1) is 5.82 Å². The first kappa shape index (κ1) is 17.6. The van der Waals surface area contributed by atoms with Crippen molar-refractivity contribution in [2.75, 3.05) is 39.4 Å². The molecule has 1 aromatic carbocycles. The third kappa shape index (κ3) is 3.82. The molecular weight excluding hydrogens is 353 g/mol. The van der Waals surface area contributed by atoms with Gasteiger partial charge < -0.3 is 14.5 Å². The van der Waals surface area contributed by atoms with E-state index >= 15 is 0 Å². The van der Waals surface area contributed by atoms with E-state index in [1.54, 1.807) is 32.8 Å². The fraction of sp³-hybridized carbons (Fsp3) is 0.444. The Morgan fingerprint density at radius 1 is 1.19 bits per heavy atom. The van der Waals surface area contributed by atoms with Crippen LogP contribution >= 0.6 is 0 Å². The van der Waals surface area contributed by atoms with Gasteiger partial charge in [0.05, 0.1) is 31.9 Å². The van der Waals surface area contributed by atoms with Crippen LogP contribution < -0.4 is 0 Å². The normalized spacial score (nSPS) is 17.7. The molecule has 0 radical (unpaired) electrons. The minimum absolute atomic E-state index is 0.000184. The third-order valence-electron chi connectivity index (χ3n) is 4.86. The number of likely N-dealkylation sites (tertiary alicyclic amines) is 1. The highest BCUT2D eigenvalue weighted by Gasteiger charge is 2.33. The van der Waals surface area contributed by atoms with Crippen molar-refractivity contribution in [3.63, 3.8) is 0 Å². The van der Waals surface area contributed by atoms with Crippen LogP contribution in [0.4, 0.5) is 4.39 Å². The second-order valence-electron chi connectivity index (χ2n) is 6.75. The summed E-state index contributed by atoms with van der Waals surface area (Å²) in [4.78, 5) is 28.1. The maximum Gasteiger partial charge on any atom is 0.276 e. The lowest BCUT2D eigenvalue weighted by Gasteiger charge is -2.39. The average molecular weight is 373 g/mol. The summed E-state index contributed by atoms with van der Waals surface area (Å²) in [5, 5.41) is 8.02. The number of rotatable bonds is 4. The fourth-order valence-corrected chi connectivity index (χ4v) is 3.24. The molecule has 2 amide bonds. The van der Waals surface area contributed by atoms with Crippen LogP contribution in [0.5, 0.6) is 0 Å². The van der Waals surface area contributed by atoms with E-state index in [9.17, 15) is 14.0 Å². The van der Waals surface area contributed by atoms with Crippen LogP contribution in [0.25, 0.3) is 0 Å². The molecule has 0 aliphatic carbocycles. The van der Waals surface area contributed by atoms with Crippen LogP contribution in [0.3, 0.4) is 0 Å². The zero-order valence-electron chi connectivity index (χ0n) is 14.8. The number of carbonyl (C=O) groups is 2. The largest absolute Gasteiger partial charge is 0.378 e. The standard InChI is InChI=1S/C18H20FN5O3/c19-14-3-1-2-13(8-14)9-17(25)23-10-15(11-23)24-12-16(20-21-24)18(26)22-4-6-27-7-5-22/h1-3,8,12,15H,4-7,9-11H2. The van der Waals surface area contributed by atoms with E-state index in [1.165, 1.54) is 12.1 Å². The SMILES string of the molecule is O=C(Cc1cccc(F)c1)N1CC(n2cc(C(=O)N3CCOCC3)nn2)C1. The molecule has 2 aliphatic heterocycles. The number of benzene rings is 1. The maximum atomic E-state index is 13.2. The van der Waals surface area contributed by atoms with E-state index in [-0.39, 0.29) is 30.1 Å². The number of carbonyl (C=O) groups excluding carboxylic acids is 2. The Balaban J connectivity index is 1.31. The summed E-state index contributed by atoms with van der Waals surface area (Å²) in [6.45, 7) is 3.18. The van der Waals surface area contributed by atoms with Crippen molar-refractivity contribution in [3.8, 4) is 0 Å². The van der Waals surface area contributed by atoms with Crippen molar-refractivity contribution in [2.24, 2.45) is 0 Å². The van der Waals surface area contributed by atoms with Crippen molar-refractivity contribution < 1.29 is 18.7 Å². The van der Waals surface area contributed by atoms with Crippen LogP contribution in [-0.2, 0) is 16.0 Å². The minimum atomic E-state index is -0.345. The Hall–Kier alpha value is -2.81. The molecule has 0 N–H and O–H groups in total. The maximum absolute atomic E-state index is 13.2. The van der Waals surface area contributed by atoms with Crippen LogP contribution in [0.1, 0.15) is 22.1 Å². The molecule has 0 atom stereocenters. The van der Waals surface area contributed by atoms with Gasteiger partial charge in [-0.2, -0.15) is 0 Å². The van der Waals surface area contributed by atoms with Gasteiger partial charge in [-0.1, -0.05) is 17.3 Å². The fourth-order valence-electron chi connectivity index (χ4n) is 3.24. The van der Waals surface area contributed by atoms with Gasteiger partial charge in [-0.25, -0.2) is 9.07 Å². The molecule has 0 saturated carbocycles. The number of hydrogen-bond donors (Lipinski definition) is 0. The van der Waals surface area contributed by atoms with E-state index in [1.807, 2.05) is 0 Å². The quantitative estimate of drug-likeness (QED) is 0.780. The molecule has 2 aromatic rings. The van der Waals surface area contributed by atoms with Gasteiger partial charge >= 0.3 is 0 Å². The van der Waals surface area contributed by atoms with Gasteiger partial charge in [0.15, 0.2) is 5.69 Å².